The van der Waals surface area contributed by atoms with Crippen LogP contribution in [0.2, 0.25) is 0 Å². The van der Waals surface area contributed by atoms with Crippen LogP contribution in [0.1, 0.15) is 18.2 Å². The van der Waals surface area contributed by atoms with Crippen LogP contribution in [0.5, 0.6) is 0 Å². The lowest BCUT2D eigenvalue weighted by Crippen LogP contribution is -1.94. The molecule has 10 heavy (non-hydrogen) atoms. The average Bonchev–Trinajstić information content (AvgIpc) is 2.04. The molecule has 0 aliphatic heterocycles. The molecule has 0 saturated carbocycles. The summed E-state index contributed by atoms with van der Waals surface area (Å²) in [5.74, 6) is 0. The fourth-order valence-corrected chi connectivity index (χ4v) is 1.28. The second-order valence-electron chi connectivity index (χ2n) is 1.98. The van der Waals surface area contributed by atoms with Crippen LogP contribution in [-0.4, -0.2) is 9.97 Å². The van der Waals surface area contributed by atoms with Gasteiger partial charge in [-0.15, -0.1) is 0 Å². The van der Waals surface area contributed by atoms with Gasteiger partial charge in [0.05, 0.1) is 0 Å². The molecule has 0 fully saturated rings. The largest absolute Gasteiger partial charge is 0.244 e. The van der Waals surface area contributed by atoms with Crippen molar-refractivity contribution < 1.29 is 0 Å². The Kier molecular flexibility index (Phi) is 2.81. The summed E-state index contributed by atoms with van der Waals surface area (Å²) in [6.45, 7) is 2.09. The van der Waals surface area contributed by atoms with Crippen LogP contribution >= 0.6 is 15.9 Å². The van der Waals surface area contributed by atoms with Crippen LogP contribution in [0.3, 0.4) is 0 Å². The van der Waals surface area contributed by atoms with E-state index in [9.17, 15) is 0 Å². The minimum absolute atomic E-state index is 0.844. The van der Waals surface area contributed by atoms with Gasteiger partial charge >= 0.3 is 0 Å². The van der Waals surface area contributed by atoms with Crippen molar-refractivity contribution in [1.82, 2.24) is 9.97 Å². The zero-order chi connectivity index (χ0) is 7.40. The number of halogens is 1. The molecule has 0 unspecified atom stereocenters. The molecule has 0 radical (unpaired) electrons. The SMILES string of the molecule is CCc1ncncc1CBr. The summed E-state index contributed by atoms with van der Waals surface area (Å²) in [7, 11) is 0. The maximum absolute atomic E-state index is 4.13. The summed E-state index contributed by atoms with van der Waals surface area (Å²) in [4.78, 5) is 8.05. The van der Waals surface area contributed by atoms with E-state index in [1.807, 2.05) is 6.20 Å². The van der Waals surface area contributed by atoms with Crippen LogP contribution in [0.4, 0.5) is 0 Å². The van der Waals surface area contributed by atoms with Crippen molar-refractivity contribution >= 4 is 15.9 Å². The van der Waals surface area contributed by atoms with E-state index in [0.717, 1.165) is 17.4 Å². The first kappa shape index (κ1) is 7.66. The van der Waals surface area contributed by atoms with Crippen LogP contribution in [0, 0.1) is 0 Å². The van der Waals surface area contributed by atoms with Gasteiger partial charge < -0.3 is 0 Å². The quantitative estimate of drug-likeness (QED) is 0.683. The summed E-state index contributed by atoms with van der Waals surface area (Å²) in [5, 5.41) is 0.844. The molecule has 0 bridgehead atoms. The number of alkyl halides is 1. The van der Waals surface area contributed by atoms with E-state index in [1.54, 1.807) is 6.33 Å². The van der Waals surface area contributed by atoms with Crippen molar-refractivity contribution in [3.05, 3.63) is 23.8 Å². The van der Waals surface area contributed by atoms with E-state index < -0.39 is 0 Å². The molecule has 0 amide bonds. The third-order valence-electron chi connectivity index (χ3n) is 1.36. The second-order valence-corrected chi connectivity index (χ2v) is 2.54. The van der Waals surface area contributed by atoms with E-state index in [4.69, 9.17) is 0 Å². The summed E-state index contributed by atoms with van der Waals surface area (Å²) >= 11 is 3.37. The molecule has 0 atom stereocenters. The standard InChI is InChI=1S/C7H9BrN2/c1-2-7-6(3-8)4-9-5-10-7/h4-5H,2-3H2,1H3. The molecule has 0 aliphatic rings. The van der Waals surface area contributed by atoms with Gasteiger partial charge in [-0.2, -0.15) is 0 Å². The Morgan fingerprint density at radius 1 is 1.60 bits per heavy atom. The number of rotatable bonds is 2. The van der Waals surface area contributed by atoms with Gasteiger partial charge in [0.25, 0.3) is 0 Å². The van der Waals surface area contributed by atoms with E-state index in [0.29, 0.717) is 0 Å². The first-order valence-corrected chi connectivity index (χ1v) is 4.34. The molecule has 3 heteroatoms. The fraction of sp³-hybridized carbons (Fsp3) is 0.429. The van der Waals surface area contributed by atoms with Crippen molar-refractivity contribution in [2.24, 2.45) is 0 Å². The molecular weight excluding hydrogens is 192 g/mol. The second kappa shape index (κ2) is 3.66. The molecule has 1 aromatic rings. The van der Waals surface area contributed by atoms with Crippen LogP contribution < -0.4 is 0 Å². The number of aromatic nitrogens is 2. The lowest BCUT2D eigenvalue weighted by atomic mass is 10.2. The van der Waals surface area contributed by atoms with Gasteiger partial charge in [0.2, 0.25) is 0 Å². The van der Waals surface area contributed by atoms with Crippen molar-refractivity contribution in [2.75, 3.05) is 0 Å². The highest BCUT2D eigenvalue weighted by Gasteiger charge is 1.97. The van der Waals surface area contributed by atoms with Gasteiger partial charge in [-0.3, -0.25) is 0 Å². The Morgan fingerprint density at radius 3 is 2.90 bits per heavy atom. The molecule has 1 aromatic heterocycles. The zero-order valence-corrected chi connectivity index (χ0v) is 7.43. The van der Waals surface area contributed by atoms with Crippen LogP contribution in [0.25, 0.3) is 0 Å². The summed E-state index contributed by atoms with van der Waals surface area (Å²) in [5.41, 5.74) is 2.32. The summed E-state index contributed by atoms with van der Waals surface area (Å²) in [6, 6.07) is 0. The highest BCUT2D eigenvalue weighted by Crippen LogP contribution is 2.07. The van der Waals surface area contributed by atoms with Gasteiger partial charge in [-0.1, -0.05) is 22.9 Å². The van der Waals surface area contributed by atoms with Crippen LogP contribution in [-0.2, 0) is 11.8 Å². The molecule has 54 valence electrons. The molecule has 0 spiro atoms. The van der Waals surface area contributed by atoms with Gasteiger partial charge in [-0.25, -0.2) is 9.97 Å². The third kappa shape index (κ3) is 1.53. The Hall–Kier alpha value is -0.440. The average molecular weight is 201 g/mol. The molecule has 2 nitrogen and oxygen atoms in total. The molecule has 1 rings (SSSR count). The molecule has 0 saturated heterocycles. The van der Waals surface area contributed by atoms with Crippen molar-refractivity contribution in [3.63, 3.8) is 0 Å². The van der Waals surface area contributed by atoms with E-state index in [-0.39, 0.29) is 0 Å². The first-order valence-electron chi connectivity index (χ1n) is 3.22. The Balaban J connectivity index is 2.96. The maximum Gasteiger partial charge on any atom is 0.115 e. The minimum Gasteiger partial charge on any atom is -0.244 e. The highest BCUT2D eigenvalue weighted by molar-refractivity contribution is 9.08. The van der Waals surface area contributed by atoms with Crippen LogP contribution in [0.15, 0.2) is 12.5 Å². The van der Waals surface area contributed by atoms with Crippen molar-refractivity contribution in [2.45, 2.75) is 18.7 Å². The molecule has 0 aliphatic carbocycles. The molecule has 0 aromatic carbocycles. The van der Waals surface area contributed by atoms with E-state index >= 15 is 0 Å². The van der Waals surface area contributed by atoms with Gasteiger partial charge in [0.1, 0.15) is 6.33 Å². The summed E-state index contributed by atoms with van der Waals surface area (Å²) in [6.07, 6.45) is 4.41. The Morgan fingerprint density at radius 2 is 2.40 bits per heavy atom. The monoisotopic (exact) mass is 200 g/mol. The predicted molar refractivity (Wildman–Crippen MR) is 44.0 cm³/mol. The third-order valence-corrected chi connectivity index (χ3v) is 1.96. The predicted octanol–water partition coefficient (Wildman–Crippen LogP) is 1.93. The topological polar surface area (TPSA) is 25.8 Å². The molecule has 1 heterocycles. The number of hydrogen-bond acceptors (Lipinski definition) is 2. The van der Waals surface area contributed by atoms with Gasteiger partial charge in [-0.05, 0) is 6.42 Å². The number of aryl methyl sites for hydroxylation is 1. The lowest BCUT2D eigenvalue weighted by Gasteiger charge is -1.99. The maximum atomic E-state index is 4.13. The van der Waals surface area contributed by atoms with Crippen molar-refractivity contribution in [1.29, 1.82) is 0 Å². The first-order chi connectivity index (χ1) is 4.88. The minimum atomic E-state index is 0.844. The molecule has 0 N–H and O–H groups in total. The van der Waals surface area contributed by atoms with E-state index in [1.165, 1.54) is 5.56 Å². The fourth-order valence-electron chi connectivity index (χ4n) is 0.814. The zero-order valence-electron chi connectivity index (χ0n) is 5.84. The normalized spacial score (nSPS) is 9.80. The number of nitrogens with zero attached hydrogens (tertiary/aromatic N) is 2. The van der Waals surface area contributed by atoms with Crippen molar-refractivity contribution in [3.8, 4) is 0 Å². The van der Waals surface area contributed by atoms with E-state index in [2.05, 4.69) is 32.8 Å². The van der Waals surface area contributed by atoms with Gasteiger partial charge in [0, 0.05) is 22.8 Å². The van der Waals surface area contributed by atoms with Gasteiger partial charge in [0.15, 0.2) is 0 Å². The highest BCUT2D eigenvalue weighted by atomic mass is 79.9. The smallest absolute Gasteiger partial charge is 0.115 e. The summed E-state index contributed by atoms with van der Waals surface area (Å²) < 4.78 is 0. The number of hydrogen-bond donors (Lipinski definition) is 0. The molecular formula is C7H9BrN2. The Bertz CT molecular complexity index is 190. The lowest BCUT2D eigenvalue weighted by molar-refractivity contribution is 0.966. The Labute approximate surface area is 68.8 Å².